The Bertz CT molecular complexity index is 1310. The summed E-state index contributed by atoms with van der Waals surface area (Å²) < 4.78 is 26.4. The average Bonchev–Trinajstić information content (AvgIpc) is 3.17. The SMILES string of the molecule is COc1cc2c(=O)cc(C)oc2cc1-c1ncc(N(C)[C@@H]2C[C@H]3CC[C@@H]([C@@H]2F)N3C(=O)O)nn1. The smallest absolute Gasteiger partial charge is 0.407 e. The van der Waals surface area contributed by atoms with Crippen LogP contribution in [0.15, 0.2) is 33.6 Å². The number of carbonyl (C=O) groups is 1. The van der Waals surface area contributed by atoms with Gasteiger partial charge in [-0.2, -0.15) is 0 Å². The molecule has 11 heteroatoms. The highest BCUT2D eigenvalue weighted by atomic mass is 19.1. The van der Waals surface area contributed by atoms with Gasteiger partial charge < -0.3 is 19.2 Å². The minimum Gasteiger partial charge on any atom is -0.496 e. The highest BCUT2D eigenvalue weighted by Gasteiger charge is 2.51. The number of hydrogen-bond acceptors (Lipinski definition) is 8. The van der Waals surface area contributed by atoms with Crippen LogP contribution in [0.1, 0.15) is 25.0 Å². The van der Waals surface area contributed by atoms with Crippen molar-refractivity contribution in [2.45, 2.75) is 50.5 Å². The second kappa shape index (κ2) is 8.23. The Kier molecular flexibility index (Phi) is 5.34. The van der Waals surface area contributed by atoms with Gasteiger partial charge in [0.25, 0.3) is 0 Å². The second-order valence-corrected chi connectivity index (χ2v) is 8.76. The van der Waals surface area contributed by atoms with E-state index in [-0.39, 0.29) is 17.3 Å². The normalized spacial score (nSPS) is 23.8. The van der Waals surface area contributed by atoms with Gasteiger partial charge in [0.1, 0.15) is 23.3 Å². The Morgan fingerprint density at radius 3 is 2.76 bits per heavy atom. The number of alkyl halides is 1. The number of methoxy groups -OCH3 is 1. The molecule has 2 fully saturated rings. The predicted molar refractivity (Wildman–Crippen MR) is 121 cm³/mol. The second-order valence-electron chi connectivity index (χ2n) is 8.76. The third kappa shape index (κ3) is 3.51. The Balaban J connectivity index is 1.44. The predicted octanol–water partition coefficient (Wildman–Crippen LogP) is 3.02. The minimum absolute atomic E-state index is 0.177. The molecule has 2 aliphatic heterocycles. The quantitative estimate of drug-likeness (QED) is 0.614. The van der Waals surface area contributed by atoms with E-state index in [1.165, 1.54) is 24.3 Å². The summed E-state index contributed by atoms with van der Waals surface area (Å²) >= 11 is 0. The summed E-state index contributed by atoms with van der Waals surface area (Å²) in [6, 6.07) is 3.25. The van der Waals surface area contributed by atoms with Crippen molar-refractivity contribution in [2.75, 3.05) is 19.1 Å². The molecule has 1 aromatic carbocycles. The summed E-state index contributed by atoms with van der Waals surface area (Å²) in [5, 5.41) is 18.3. The van der Waals surface area contributed by atoms with Crippen molar-refractivity contribution in [3.05, 3.63) is 40.4 Å². The average molecular weight is 469 g/mol. The molecule has 5 rings (SSSR count). The van der Waals surface area contributed by atoms with Crippen LogP contribution in [0.25, 0.3) is 22.4 Å². The number of nitrogens with zero attached hydrogens (tertiary/aromatic N) is 5. The van der Waals surface area contributed by atoms with Crippen LogP contribution in [0.2, 0.25) is 0 Å². The molecule has 0 saturated carbocycles. The van der Waals surface area contributed by atoms with Gasteiger partial charge in [-0.15, -0.1) is 10.2 Å². The lowest BCUT2D eigenvalue weighted by Crippen LogP contribution is -2.58. The number of benzene rings is 1. The fourth-order valence-corrected chi connectivity index (χ4v) is 5.16. The van der Waals surface area contributed by atoms with Gasteiger partial charge in [0.15, 0.2) is 17.1 Å². The fourth-order valence-electron chi connectivity index (χ4n) is 5.16. The third-order valence-electron chi connectivity index (χ3n) is 6.84. The monoisotopic (exact) mass is 469 g/mol. The first-order valence-corrected chi connectivity index (χ1v) is 11.0. The van der Waals surface area contributed by atoms with E-state index >= 15 is 4.39 Å². The molecule has 4 atom stereocenters. The number of aromatic nitrogens is 3. The summed E-state index contributed by atoms with van der Waals surface area (Å²) in [5.74, 6) is 1.51. The van der Waals surface area contributed by atoms with E-state index < -0.39 is 24.3 Å². The fraction of sp³-hybridized carbons (Fsp3) is 0.435. The first kappa shape index (κ1) is 22.1. The van der Waals surface area contributed by atoms with Gasteiger partial charge in [-0.25, -0.2) is 14.2 Å². The molecule has 3 aromatic rings. The molecule has 2 saturated heterocycles. The summed E-state index contributed by atoms with van der Waals surface area (Å²) in [5.41, 5.74) is 0.705. The summed E-state index contributed by atoms with van der Waals surface area (Å²) in [6.07, 6.45) is 0.632. The number of anilines is 1. The number of fused-ring (bicyclic) bond motifs is 3. The van der Waals surface area contributed by atoms with Crippen molar-refractivity contribution in [3.8, 4) is 17.1 Å². The van der Waals surface area contributed by atoms with Crippen LogP contribution >= 0.6 is 0 Å². The zero-order valence-electron chi connectivity index (χ0n) is 18.9. The third-order valence-corrected chi connectivity index (χ3v) is 6.84. The molecular weight excluding hydrogens is 445 g/mol. The molecule has 2 bridgehead atoms. The molecule has 34 heavy (non-hydrogen) atoms. The summed E-state index contributed by atoms with van der Waals surface area (Å²) in [4.78, 5) is 31.2. The minimum atomic E-state index is -1.34. The lowest BCUT2D eigenvalue weighted by molar-refractivity contribution is 0.0489. The zero-order chi connectivity index (χ0) is 24.1. The highest BCUT2D eigenvalue weighted by Crippen LogP contribution is 2.40. The van der Waals surface area contributed by atoms with Crippen LogP contribution < -0.4 is 15.1 Å². The van der Waals surface area contributed by atoms with Gasteiger partial charge >= 0.3 is 6.09 Å². The van der Waals surface area contributed by atoms with Gasteiger partial charge in [0.2, 0.25) is 0 Å². The Morgan fingerprint density at radius 1 is 1.29 bits per heavy atom. The van der Waals surface area contributed by atoms with Gasteiger partial charge in [0.05, 0.1) is 36.3 Å². The van der Waals surface area contributed by atoms with Crippen molar-refractivity contribution in [3.63, 3.8) is 0 Å². The molecule has 0 spiro atoms. The van der Waals surface area contributed by atoms with Gasteiger partial charge in [-0.1, -0.05) is 0 Å². The van der Waals surface area contributed by atoms with Gasteiger partial charge in [-0.3, -0.25) is 9.69 Å². The van der Waals surface area contributed by atoms with Crippen LogP contribution in [0.3, 0.4) is 0 Å². The molecule has 178 valence electrons. The van der Waals surface area contributed by atoms with E-state index in [0.29, 0.717) is 53.1 Å². The summed E-state index contributed by atoms with van der Waals surface area (Å²) in [7, 11) is 3.20. The Morgan fingerprint density at radius 2 is 2.09 bits per heavy atom. The molecular formula is C23H24FN5O5. The van der Waals surface area contributed by atoms with Crippen LogP contribution in [-0.4, -0.2) is 69.7 Å². The van der Waals surface area contributed by atoms with Gasteiger partial charge in [0, 0.05) is 19.2 Å². The molecule has 1 N–H and O–H groups in total. The maximum atomic E-state index is 15.3. The first-order chi connectivity index (χ1) is 16.3. The maximum absolute atomic E-state index is 15.3. The number of amides is 1. The van der Waals surface area contributed by atoms with Crippen molar-refractivity contribution in [1.29, 1.82) is 0 Å². The van der Waals surface area contributed by atoms with E-state index in [9.17, 15) is 14.7 Å². The van der Waals surface area contributed by atoms with Crippen LogP contribution in [0.5, 0.6) is 5.75 Å². The number of halogens is 1. The van der Waals surface area contributed by atoms with E-state index in [0.717, 1.165) is 0 Å². The molecule has 0 aliphatic carbocycles. The molecule has 0 radical (unpaired) electrons. The number of carboxylic acid groups (broad SMARTS) is 1. The molecule has 2 aromatic heterocycles. The molecule has 0 unspecified atom stereocenters. The standard InChI is InChI=1S/C23H24FN5O5/c1-11-6-17(30)13-8-18(33-3)14(9-19(13)34-11)22-25-10-20(26-27-22)28(2)16-7-12-4-5-15(21(16)24)29(12)23(31)32/h6,8-10,12,15-16,21H,4-5,7H2,1-3H3,(H,31,32)/t12-,15+,16-,21+/m1/s1. The van der Waals surface area contributed by atoms with E-state index in [2.05, 4.69) is 15.2 Å². The Labute approximate surface area is 194 Å². The van der Waals surface area contributed by atoms with Crippen LogP contribution in [0, 0.1) is 6.92 Å². The van der Waals surface area contributed by atoms with E-state index in [1.54, 1.807) is 31.0 Å². The van der Waals surface area contributed by atoms with E-state index in [1.807, 2.05) is 0 Å². The number of aryl methyl sites for hydroxylation is 1. The maximum Gasteiger partial charge on any atom is 0.407 e. The van der Waals surface area contributed by atoms with Crippen LogP contribution in [0.4, 0.5) is 15.0 Å². The molecule has 10 nitrogen and oxygen atoms in total. The van der Waals surface area contributed by atoms with Crippen molar-refractivity contribution in [1.82, 2.24) is 20.1 Å². The van der Waals surface area contributed by atoms with E-state index in [4.69, 9.17) is 9.15 Å². The van der Waals surface area contributed by atoms with Crippen LogP contribution in [-0.2, 0) is 0 Å². The molecule has 2 aliphatic rings. The number of ether oxygens (including phenoxy) is 1. The number of rotatable bonds is 4. The Hall–Kier alpha value is -3.76. The van der Waals surface area contributed by atoms with Crippen molar-refractivity contribution < 1.29 is 23.4 Å². The highest BCUT2D eigenvalue weighted by molar-refractivity contribution is 5.85. The van der Waals surface area contributed by atoms with Gasteiger partial charge in [-0.05, 0) is 38.3 Å². The largest absolute Gasteiger partial charge is 0.496 e. The zero-order valence-corrected chi connectivity index (χ0v) is 18.9. The van der Waals surface area contributed by atoms with Crippen molar-refractivity contribution >= 4 is 22.9 Å². The van der Waals surface area contributed by atoms with Crippen molar-refractivity contribution in [2.24, 2.45) is 0 Å². The summed E-state index contributed by atoms with van der Waals surface area (Å²) in [6.45, 7) is 1.69. The number of piperidine rings is 1. The number of hydrogen-bond donors (Lipinski definition) is 1. The lowest BCUT2D eigenvalue weighted by atomic mass is 9.94. The molecule has 4 heterocycles. The lowest BCUT2D eigenvalue weighted by Gasteiger charge is -2.43. The first-order valence-electron chi connectivity index (χ1n) is 11.0. The topological polar surface area (TPSA) is 122 Å². The molecule has 1 amide bonds.